The molecule has 1 saturated heterocycles. The molecule has 1 aliphatic heterocycles. The summed E-state index contributed by atoms with van der Waals surface area (Å²) in [6.07, 6.45) is 3.65. The molecule has 22 heavy (non-hydrogen) atoms. The molecule has 6 heteroatoms. The molecule has 0 N–H and O–H groups in total. The maximum absolute atomic E-state index is 11.5. The summed E-state index contributed by atoms with van der Waals surface area (Å²) in [6.45, 7) is 1.97. The van der Waals surface area contributed by atoms with Crippen molar-refractivity contribution in [2.24, 2.45) is 0 Å². The maximum atomic E-state index is 11.5. The fourth-order valence-electron chi connectivity index (χ4n) is 2.70. The lowest BCUT2D eigenvalue weighted by molar-refractivity contribution is 0.566. The predicted octanol–water partition coefficient (Wildman–Crippen LogP) is 2.19. The van der Waals surface area contributed by atoms with Crippen molar-refractivity contribution in [3.05, 3.63) is 36.2 Å². The molecule has 0 amide bonds. The molecule has 0 atom stereocenters. The SMILES string of the molecule is Cc1cc(N(C)C2CCS(=O)CC2)nc(-c2ccccn2)n1. The van der Waals surface area contributed by atoms with Crippen LogP contribution in [0.1, 0.15) is 18.5 Å². The van der Waals surface area contributed by atoms with Crippen LogP contribution < -0.4 is 4.90 Å². The zero-order chi connectivity index (χ0) is 15.5. The van der Waals surface area contributed by atoms with Crippen LogP contribution in [0.4, 0.5) is 5.82 Å². The van der Waals surface area contributed by atoms with Gasteiger partial charge in [0.15, 0.2) is 5.82 Å². The number of anilines is 1. The van der Waals surface area contributed by atoms with Gasteiger partial charge in [-0.2, -0.15) is 0 Å². The van der Waals surface area contributed by atoms with E-state index in [1.807, 2.05) is 31.2 Å². The van der Waals surface area contributed by atoms with Gasteiger partial charge in [0.1, 0.15) is 11.5 Å². The topological polar surface area (TPSA) is 59.0 Å². The number of aromatic nitrogens is 3. The molecule has 3 rings (SSSR count). The normalized spacial score (nSPS) is 21.5. The van der Waals surface area contributed by atoms with E-state index >= 15 is 0 Å². The zero-order valence-electron chi connectivity index (χ0n) is 12.9. The third kappa shape index (κ3) is 3.32. The number of hydrogen-bond acceptors (Lipinski definition) is 5. The van der Waals surface area contributed by atoms with Crippen LogP contribution in [0.5, 0.6) is 0 Å². The molecule has 0 unspecified atom stereocenters. The molecule has 2 aromatic heterocycles. The van der Waals surface area contributed by atoms with Crippen LogP contribution in [0.2, 0.25) is 0 Å². The average Bonchev–Trinajstić information content (AvgIpc) is 2.55. The molecule has 5 nitrogen and oxygen atoms in total. The molecule has 0 saturated carbocycles. The predicted molar refractivity (Wildman–Crippen MR) is 89.3 cm³/mol. The Hall–Kier alpha value is -1.82. The molecule has 3 heterocycles. The Bertz CT molecular complexity index is 667. The molecular formula is C16H20N4OS. The summed E-state index contributed by atoms with van der Waals surface area (Å²) >= 11 is 0. The highest BCUT2D eigenvalue weighted by molar-refractivity contribution is 7.85. The second-order valence-electron chi connectivity index (χ2n) is 5.60. The number of hydrogen-bond donors (Lipinski definition) is 0. The van der Waals surface area contributed by atoms with Gasteiger partial charge in [-0.1, -0.05) is 6.07 Å². The third-order valence-corrected chi connectivity index (χ3v) is 5.38. The Morgan fingerprint density at radius 3 is 2.68 bits per heavy atom. The van der Waals surface area contributed by atoms with E-state index in [0.29, 0.717) is 11.9 Å². The second-order valence-corrected chi connectivity index (χ2v) is 7.29. The van der Waals surface area contributed by atoms with E-state index in [0.717, 1.165) is 41.6 Å². The lowest BCUT2D eigenvalue weighted by Crippen LogP contribution is -2.38. The molecule has 1 aliphatic rings. The summed E-state index contributed by atoms with van der Waals surface area (Å²) in [5.74, 6) is 3.13. The van der Waals surface area contributed by atoms with Crippen LogP contribution in [0.25, 0.3) is 11.5 Å². The highest BCUT2D eigenvalue weighted by Gasteiger charge is 2.23. The van der Waals surface area contributed by atoms with Crippen molar-refractivity contribution in [1.29, 1.82) is 0 Å². The summed E-state index contributed by atoms with van der Waals surface area (Å²) in [5.41, 5.74) is 1.71. The van der Waals surface area contributed by atoms with E-state index in [1.165, 1.54) is 0 Å². The average molecular weight is 316 g/mol. The Balaban J connectivity index is 1.87. The molecule has 0 bridgehead atoms. The number of aryl methyl sites for hydroxylation is 1. The van der Waals surface area contributed by atoms with Gasteiger partial charge in [0.25, 0.3) is 0 Å². The van der Waals surface area contributed by atoms with E-state index < -0.39 is 10.8 Å². The maximum Gasteiger partial charge on any atom is 0.180 e. The van der Waals surface area contributed by atoms with Crippen molar-refractivity contribution in [3.8, 4) is 11.5 Å². The van der Waals surface area contributed by atoms with Gasteiger partial charge in [-0.05, 0) is 31.9 Å². The minimum absolute atomic E-state index is 0.392. The van der Waals surface area contributed by atoms with Gasteiger partial charge in [0, 0.05) is 53.4 Å². The zero-order valence-corrected chi connectivity index (χ0v) is 13.7. The number of pyridine rings is 1. The van der Waals surface area contributed by atoms with Gasteiger partial charge in [-0.3, -0.25) is 9.19 Å². The summed E-state index contributed by atoms with van der Waals surface area (Å²) < 4.78 is 11.5. The van der Waals surface area contributed by atoms with Gasteiger partial charge in [-0.15, -0.1) is 0 Å². The van der Waals surface area contributed by atoms with E-state index in [1.54, 1.807) is 6.20 Å². The first-order valence-corrected chi connectivity index (χ1v) is 8.97. The van der Waals surface area contributed by atoms with Crippen molar-refractivity contribution >= 4 is 16.6 Å². The van der Waals surface area contributed by atoms with E-state index in [4.69, 9.17) is 0 Å². The van der Waals surface area contributed by atoms with Gasteiger partial charge in [-0.25, -0.2) is 9.97 Å². The monoisotopic (exact) mass is 316 g/mol. The molecule has 0 spiro atoms. The van der Waals surface area contributed by atoms with Crippen LogP contribution in [0.15, 0.2) is 30.5 Å². The number of rotatable bonds is 3. The van der Waals surface area contributed by atoms with Crippen LogP contribution in [-0.2, 0) is 10.8 Å². The van der Waals surface area contributed by atoms with Crippen LogP contribution in [0, 0.1) is 6.92 Å². The summed E-state index contributed by atoms with van der Waals surface area (Å²) in [7, 11) is 1.42. The molecule has 0 aliphatic carbocycles. The van der Waals surface area contributed by atoms with Gasteiger partial charge in [0.2, 0.25) is 0 Å². The Labute approximate surface area is 133 Å². The van der Waals surface area contributed by atoms with Crippen molar-refractivity contribution < 1.29 is 4.21 Å². The first-order chi connectivity index (χ1) is 10.6. The highest BCUT2D eigenvalue weighted by atomic mass is 32.2. The molecule has 1 fully saturated rings. The molecule has 116 valence electrons. The highest BCUT2D eigenvalue weighted by Crippen LogP contribution is 2.23. The van der Waals surface area contributed by atoms with E-state index in [9.17, 15) is 4.21 Å². The van der Waals surface area contributed by atoms with Crippen molar-refractivity contribution in [2.75, 3.05) is 23.5 Å². The third-order valence-electron chi connectivity index (χ3n) is 4.00. The summed E-state index contributed by atoms with van der Waals surface area (Å²) in [5, 5.41) is 0. The van der Waals surface area contributed by atoms with E-state index in [-0.39, 0.29) is 0 Å². The summed E-state index contributed by atoms with van der Waals surface area (Å²) in [4.78, 5) is 15.7. The van der Waals surface area contributed by atoms with Crippen LogP contribution in [-0.4, -0.2) is 43.8 Å². The standard InChI is InChI=1S/C16H20N4OS/c1-12-11-15(20(2)13-6-9-22(21)10-7-13)19-16(18-12)14-5-3-4-8-17-14/h3-5,8,11,13H,6-7,9-10H2,1-2H3. The van der Waals surface area contributed by atoms with Crippen molar-refractivity contribution in [3.63, 3.8) is 0 Å². The van der Waals surface area contributed by atoms with Gasteiger partial charge < -0.3 is 4.90 Å². The minimum Gasteiger partial charge on any atom is -0.357 e. The molecule has 2 aromatic rings. The smallest absolute Gasteiger partial charge is 0.180 e. The first-order valence-electron chi connectivity index (χ1n) is 7.48. The second kappa shape index (κ2) is 6.52. The van der Waals surface area contributed by atoms with E-state index in [2.05, 4.69) is 26.9 Å². The fourth-order valence-corrected chi connectivity index (χ4v) is 3.97. The quantitative estimate of drug-likeness (QED) is 0.869. The van der Waals surface area contributed by atoms with Crippen LogP contribution in [0.3, 0.4) is 0 Å². The first kappa shape index (κ1) is 15.1. The fraction of sp³-hybridized carbons (Fsp3) is 0.438. The lowest BCUT2D eigenvalue weighted by Gasteiger charge is -2.32. The molecular weight excluding hydrogens is 296 g/mol. The lowest BCUT2D eigenvalue weighted by atomic mass is 10.1. The molecule has 0 radical (unpaired) electrons. The van der Waals surface area contributed by atoms with Crippen molar-refractivity contribution in [2.45, 2.75) is 25.8 Å². The number of nitrogens with zero attached hydrogens (tertiary/aromatic N) is 4. The minimum atomic E-state index is -0.642. The van der Waals surface area contributed by atoms with Gasteiger partial charge in [0.05, 0.1) is 0 Å². The van der Waals surface area contributed by atoms with Crippen LogP contribution >= 0.6 is 0 Å². The Morgan fingerprint density at radius 1 is 1.23 bits per heavy atom. The largest absolute Gasteiger partial charge is 0.357 e. The van der Waals surface area contributed by atoms with Crippen molar-refractivity contribution in [1.82, 2.24) is 15.0 Å². The van der Waals surface area contributed by atoms with Gasteiger partial charge >= 0.3 is 0 Å². The Kier molecular flexibility index (Phi) is 4.47. The molecule has 0 aromatic carbocycles. The Morgan fingerprint density at radius 2 is 2.00 bits per heavy atom. The summed E-state index contributed by atoms with van der Waals surface area (Å²) in [6, 6.07) is 8.13.